The second-order valence-corrected chi connectivity index (χ2v) is 11.7. The summed E-state index contributed by atoms with van der Waals surface area (Å²) in [5, 5.41) is 1.44. The molecule has 38 heavy (non-hydrogen) atoms. The predicted molar refractivity (Wildman–Crippen MR) is 146 cm³/mol. The third kappa shape index (κ3) is 4.15. The third-order valence-electron chi connectivity index (χ3n) is 9.54. The maximum atomic E-state index is 13.6. The molecule has 1 atom stereocenters. The van der Waals surface area contributed by atoms with E-state index in [0.29, 0.717) is 44.4 Å². The summed E-state index contributed by atoms with van der Waals surface area (Å²) < 4.78 is 7.81. The molecule has 2 aliphatic heterocycles. The van der Waals surface area contributed by atoms with Gasteiger partial charge in [0.25, 0.3) is 5.91 Å². The standard InChI is InChI=1S/C31H38N4O3/c36-29(21-32-13-15-33(16-14-32)31(37)28-10-5-19-38-28)34-17-18-35-26-12-11-23(22-6-2-1-3-7-22)20-25(26)24-8-4-9-27(34)30(24)35/h5,10-12,19-20,22,27H,1-4,6-9,13-18,21H2/t27-/m0/s1. The van der Waals surface area contributed by atoms with E-state index >= 15 is 0 Å². The van der Waals surface area contributed by atoms with Crippen molar-refractivity contribution in [3.05, 3.63) is 59.2 Å². The van der Waals surface area contributed by atoms with Crippen LogP contribution in [0.1, 0.15) is 84.3 Å². The molecule has 0 unspecified atom stereocenters. The zero-order chi connectivity index (χ0) is 25.6. The molecule has 0 bridgehead atoms. The molecule has 2 aliphatic carbocycles. The van der Waals surface area contributed by atoms with Crippen LogP contribution in [0.25, 0.3) is 10.9 Å². The Balaban J connectivity index is 1.06. The van der Waals surface area contributed by atoms with Crippen LogP contribution in [0, 0.1) is 0 Å². The van der Waals surface area contributed by atoms with E-state index in [-0.39, 0.29) is 17.9 Å². The summed E-state index contributed by atoms with van der Waals surface area (Å²) in [7, 11) is 0. The van der Waals surface area contributed by atoms with Gasteiger partial charge in [-0.25, -0.2) is 0 Å². The van der Waals surface area contributed by atoms with E-state index in [4.69, 9.17) is 4.42 Å². The number of nitrogens with zero attached hydrogens (tertiary/aromatic N) is 4. The van der Waals surface area contributed by atoms with Crippen molar-refractivity contribution in [2.75, 3.05) is 39.3 Å². The van der Waals surface area contributed by atoms with Gasteiger partial charge in [-0.2, -0.15) is 0 Å². The van der Waals surface area contributed by atoms with Gasteiger partial charge >= 0.3 is 0 Å². The maximum Gasteiger partial charge on any atom is 0.289 e. The van der Waals surface area contributed by atoms with Crippen LogP contribution in [-0.4, -0.2) is 70.3 Å². The number of carbonyl (C=O) groups is 2. The maximum absolute atomic E-state index is 13.6. The van der Waals surface area contributed by atoms with Crippen molar-refractivity contribution in [1.82, 2.24) is 19.3 Å². The second-order valence-electron chi connectivity index (χ2n) is 11.7. The molecule has 0 spiro atoms. The topological polar surface area (TPSA) is 61.9 Å². The Bertz CT molecular complexity index is 1330. The molecule has 2 amide bonds. The normalized spacial score (nSPS) is 22.6. The van der Waals surface area contributed by atoms with Crippen molar-refractivity contribution in [1.29, 1.82) is 0 Å². The molecule has 2 aromatic heterocycles. The molecule has 4 aliphatic rings. The summed E-state index contributed by atoms with van der Waals surface area (Å²) in [6.07, 6.45) is 11.6. The van der Waals surface area contributed by atoms with Gasteiger partial charge in [-0.15, -0.1) is 0 Å². The zero-order valence-corrected chi connectivity index (χ0v) is 22.2. The average Bonchev–Trinajstić information content (AvgIpc) is 3.62. The van der Waals surface area contributed by atoms with E-state index in [1.807, 2.05) is 4.90 Å². The van der Waals surface area contributed by atoms with Gasteiger partial charge in [-0.1, -0.05) is 25.3 Å². The minimum atomic E-state index is -0.0637. The van der Waals surface area contributed by atoms with Crippen LogP contribution in [0.5, 0.6) is 0 Å². The molecule has 7 nitrogen and oxygen atoms in total. The van der Waals surface area contributed by atoms with E-state index in [0.717, 1.165) is 32.4 Å². The number of carbonyl (C=O) groups excluding carboxylic acids is 2. The van der Waals surface area contributed by atoms with Crippen LogP contribution in [0.15, 0.2) is 41.0 Å². The Morgan fingerprint density at radius 2 is 1.74 bits per heavy atom. The summed E-state index contributed by atoms with van der Waals surface area (Å²) in [5.41, 5.74) is 5.79. The minimum Gasteiger partial charge on any atom is -0.459 e. The molecule has 0 radical (unpaired) electrons. The Labute approximate surface area is 224 Å². The van der Waals surface area contributed by atoms with Crippen LogP contribution >= 0.6 is 0 Å². The quantitative estimate of drug-likeness (QED) is 0.494. The molecule has 1 aromatic carbocycles. The van der Waals surface area contributed by atoms with Crippen LogP contribution < -0.4 is 0 Å². The molecular weight excluding hydrogens is 476 g/mol. The highest BCUT2D eigenvalue weighted by atomic mass is 16.3. The molecule has 0 N–H and O–H groups in total. The zero-order valence-electron chi connectivity index (χ0n) is 22.2. The molecule has 200 valence electrons. The Hall–Kier alpha value is -3.06. The number of aryl methyl sites for hydroxylation is 1. The molecule has 2 fully saturated rings. The lowest BCUT2D eigenvalue weighted by Gasteiger charge is -2.41. The highest BCUT2D eigenvalue weighted by Crippen LogP contribution is 2.44. The number of hydrogen-bond acceptors (Lipinski definition) is 4. The Morgan fingerprint density at radius 1 is 0.895 bits per heavy atom. The highest BCUT2D eigenvalue weighted by molar-refractivity contribution is 5.91. The molecule has 1 saturated carbocycles. The van der Waals surface area contributed by atoms with Crippen molar-refractivity contribution in [2.45, 2.75) is 69.9 Å². The summed E-state index contributed by atoms with van der Waals surface area (Å²) >= 11 is 0. The smallest absolute Gasteiger partial charge is 0.289 e. The highest BCUT2D eigenvalue weighted by Gasteiger charge is 2.38. The number of piperazine rings is 1. The summed E-state index contributed by atoms with van der Waals surface area (Å²) in [4.78, 5) is 32.4. The van der Waals surface area contributed by atoms with Gasteiger partial charge in [0.15, 0.2) is 5.76 Å². The van der Waals surface area contributed by atoms with Gasteiger partial charge in [0.2, 0.25) is 5.91 Å². The number of furan rings is 1. The lowest BCUT2D eigenvalue weighted by molar-refractivity contribution is -0.136. The average molecular weight is 515 g/mol. The largest absolute Gasteiger partial charge is 0.459 e. The fraction of sp³-hybridized carbons (Fsp3) is 0.548. The van der Waals surface area contributed by atoms with Crippen LogP contribution in [-0.2, 0) is 17.8 Å². The van der Waals surface area contributed by atoms with Gasteiger partial charge in [-0.3, -0.25) is 14.5 Å². The molecule has 3 aromatic rings. The first-order valence-electron chi connectivity index (χ1n) is 14.7. The first-order chi connectivity index (χ1) is 18.7. The molecule has 4 heterocycles. The minimum absolute atomic E-state index is 0.0637. The van der Waals surface area contributed by atoms with E-state index in [1.54, 1.807) is 12.1 Å². The number of amides is 2. The van der Waals surface area contributed by atoms with Crippen molar-refractivity contribution in [3.8, 4) is 0 Å². The van der Waals surface area contributed by atoms with Gasteiger partial charge in [0, 0.05) is 55.9 Å². The van der Waals surface area contributed by atoms with Crippen LogP contribution in [0.4, 0.5) is 0 Å². The molecule has 7 heteroatoms. The Kier molecular flexibility index (Phi) is 6.27. The molecule has 7 rings (SSSR count). The van der Waals surface area contributed by atoms with E-state index in [9.17, 15) is 9.59 Å². The van der Waals surface area contributed by atoms with Crippen molar-refractivity contribution in [2.24, 2.45) is 0 Å². The Morgan fingerprint density at radius 3 is 2.53 bits per heavy atom. The van der Waals surface area contributed by atoms with E-state index in [1.165, 1.54) is 66.1 Å². The van der Waals surface area contributed by atoms with E-state index < -0.39 is 0 Å². The van der Waals surface area contributed by atoms with Gasteiger partial charge in [0.1, 0.15) is 0 Å². The van der Waals surface area contributed by atoms with Crippen LogP contribution in [0.2, 0.25) is 0 Å². The number of rotatable bonds is 4. The van der Waals surface area contributed by atoms with Crippen molar-refractivity contribution < 1.29 is 14.0 Å². The third-order valence-corrected chi connectivity index (χ3v) is 9.54. The summed E-state index contributed by atoms with van der Waals surface area (Å²) in [6.45, 7) is 4.76. The number of hydrogen-bond donors (Lipinski definition) is 0. The number of benzene rings is 1. The molecular formula is C31H38N4O3. The van der Waals surface area contributed by atoms with Gasteiger partial charge < -0.3 is 18.8 Å². The monoisotopic (exact) mass is 514 g/mol. The van der Waals surface area contributed by atoms with Gasteiger partial charge in [-0.05, 0) is 73.4 Å². The molecule has 1 saturated heterocycles. The summed E-state index contributed by atoms with van der Waals surface area (Å²) in [5.74, 6) is 1.26. The van der Waals surface area contributed by atoms with Crippen LogP contribution in [0.3, 0.4) is 0 Å². The predicted octanol–water partition coefficient (Wildman–Crippen LogP) is 4.96. The lowest BCUT2D eigenvalue weighted by Crippen LogP contribution is -2.53. The fourth-order valence-corrected chi connectivity index (χ4v) is 7.56. The first-order valence-corrected chi connectivity index (χ1v) is 14.7. The number of aromatic nitrogens is 1. The van der Waals surface area contributed by atoms with Crippen molar-refractivity contribution >= 4 is 22.7 Å². The lowest BCUT2D eigenvalue weighted by atomic mass is 9.83. The van der Waals surface area contributed by atoms with E-state index in [2.05, 4.69) is 32.6 Å². The number of fused-ring (bicyclic) bond motifs is 3. The second kappa shape index (κ2) is 9.92. The SMILES string of the molecule is O=C(c1ccco1)N1CCN(CC(=O)N2CCn3c4c(c5cc(C6CCCCC6)ccc53)CCC[C@@H]42)CC1. The first kappa shape index (κ1) is 24.0. The fourth-order valence-electron chi connectivity index (χ4n) is 7.56. The van der Waals surface area contributed by atoms with Gasteiger partial charge in [0.05, 0.1) is 18.8 Å². The summed E-state index contributed by atoms with van der Waals surface area (Å²) in [6, 6.07) is 10.9. The van der Waals surface area contributed by atoms with Crippen molar-refractivity contribution in [3.63, 3.8) is 0 Å².